The van der Waals surface area contributed by atoms with E-state index in [0.717, 1.165) is 21.5 Å². The van der Waals surface area contributed by atoms with Crippen LogP contribution in [0.25, 0.3) is 10.2 Å². The molecule has 0 fully saturated rings. The maximum atomic E-state index is 13.5. The molecule has 0 atom stereocenters. The van der Waals surface area contributed by atoms with Crippen LogP contribution in [-0.4, -0.2) is 21.1 Å². The number of fused-ring (bicyclic) bond motifs is 1. The van der Waals surface area contributed by atoms with Crippen LogP contribution in [-0.2, 0) is 17.8 Å². The molecule has 2 aromatic heterocycles. The molecule has 0 aliphatic carbocycles. The number of hydrogen-bond acceptors (Lipinski definition) is 5. The zero-order valence-electron chi connectivity index (χ0n) is 18.8. The van der Waals surface area contributed by atoms with Crippen LogP contribution in [0.4, 0.5) is 5.13 Å². The standard InChI is InChI=1S/C26H27N3OS2/c1-17(2)31-22-10-8-20(9-11-22)15-25(30)29(16-21-7-5-6-12-27-21)26-28-23-13-18(3)19(4)14-24(23)32-26/h5-14,17H,15-16H2,1-4H3. The predicted molar refractivity (Wildman–Crippen MR) is 136 cm³/mol. The highest BCUT2D eigenvalue weighted by Gasteiger charge is 2.21. The number of anilines is 1. The Morgan fingerprint density at radius 1 is 1.06 bits per heavy atom. The molecule has 2 heterocycles. The predicted octanol–water partition coefficient (Wildman–Crippen LogP) is 6.58. The molecule has 2 aromatic carbocycles. The highest BCUT2D eigenvalue weighted by molar-refractivity contribution is 7.99. The molecule has 4 rings (SSSR count). The highest BCUT2D eigenvalue weighted by atomic mass is 32.2. The average Bonchev–Trinajstić information content (AvgIpc) is 3.16. The molecule has 0 saturated carbocycles. The Hall–Kier alpha value is -2.70. The summed E-state index contributed by atoms with van der Waals surface area (Å²) in [5.41, 5.74) is 5.21. The quantitative estimate of drug-likeness (QED) is 0.292. The van der Waals surface area contributed by atoms with Gasteiger partial charge in [0.05, 0.1) is 28.9 Å². The number of nitrogens with zero attached hydrogens (tertiary/aromatic N) is 3. The largest absolute Gasteiger partial charge is 0.282 e. The summed E-state index contributed by atoms with van der Waals surface area (Å²) in [6.07, 6.45) is 2.08. The summed E-state index contributed by atoms with van der Waals surface area (Å²) >= 11 is 3.38. The molecule has 0 bridgehead atoms. The van der Waals surface area contributed by atoms with Crippen LogP contribution in [0.5, 0.6) is 0 Å². The van der Waals surface area contributed by atoms with Gasteiger partial charge in [-0.3, -0.25) is 14.7 Å². The van der Waals surface area contributed by atoms with Crippen molar-refractivity contribution in [2.24, 2.45) is 0 Å². The third-order valence-electron chi connectivity index (χ3n) is 5.22. The van der Waals surface area contributed by atoms with Gasteiger partial charge >= 0.3 is 0 Å². The normalized spacial score (nSPS) is 11.3. The molecule has 0 aliphatic rings. The second kappa shape index (κ2) is 9.84. The van der Waals surface area contributed by atoms with Crippen LogP contribution in [0, 0.1) is 13.8 Å². The fraction of sp³-hybridized carbons (Fsp3) is 0.269. The first-order valence-electron chi connectivity index (χ1n) is 10.7. The molecule has 0 saturated heterocycles. The number of thiazole rings is 1. The maximum absolute atomic E-state index is 13.5. The number of hydrogen-bond donors (Lipinski definition) is 0. The molecule has 32 heavy (non-hydrogen) atoms. The van der Waals surface area contributed by atoms with Crippen molar-refractivity contribution in [1.29, 1.82) is 0 Å². The van der Waals surface area contributed by atoms with Gasteiger partial charge in [-0.05, 0) is 66.9 Å². The van der Waals surface area contributed by atoms with E-state index < -0.39 is 0 Å². The lowest BCUT2D eigenvalue weighted by molar-refractivity contribution is -0.118. The van der Waals surface area contributed by atoms with Gasteiger partial charge in [-0.25, -0.2) is 4.98 Å². The minimum Gasteiger partial charge on any atom is -0.282 e. The van der Waals surface area contributed by atoms with Gasteiger partial charge in [0.25, 0.3) is 0 Å². The van der Waals surface area contributed by atoms with Gasteiger partial charge in [0.2, 0.25) is 5.91 Å². The number of aryl methyl sites for hydroxylation is 2. The molecular weight excluding hydrogens is 434 g/mol. The van der Waals surface area contributed by atoms with Gasteiger partial charge in [-0.2, -0.15) is 0 Å². The third-order valence-corrected chi connectivity index (χ3v) is 7.28. The van der Waals surface area contributed by atoms with Gasteiger partial charge in [-0.15, -0.1) is 11.8 Å². The Labute approximate surface area is 197 Å². The lowest BCUT2D eigenvalue weighted by Gasteiger charge is -2.19. The average molecular weight is 462 g/mol. The Kier molecular flexibility index (Phi) is 6.92. The molecule has 0 aliphatic heterocycles. The van der Waals surface area contributed by atoms with Crippen molar-refractivity contribution in [3.05, 3.63) is 83.2 Å². The molecule has 1 amide bonds. The molecule has 6 heteroatoms. The van der Waals surface area contributed by atoms with E-state index in [1.807, 2.05) is 42.1 Å². The second-order valence-corrected chi connectivity index (χ2v) is 10.8. The lowest BCUT2D eigenvalue weighted by Crippen LogP contribution is -2.32. The van der Waals surface area contributed by atoms with Gasteiger partial charge < -0.3 is 0 Å². The summed E-state index contributed by atoms with van der Waals surface area (Å²) in [5.74, 6) is 0.0208. The minimum atomic E-state index is 0.0208. The first-order valence-corrected chi connectivity index (χ1v) is 12.4. The van der Waals surface area contributed by atoms with Crippen molar-refractivity contribution >= 4 is 44.4 Å². The monoisotopic (exact) mass is 461 g/mol. The molecule has 164 valence electrons. The van der Waals surface area contributed by atoms with Crippen molar-refractivity contribution in [3.8, 4) is 0 Å². The summed E-state index contributed by atoms with van der Waals surface area (Å²) in [5, 5.41) is 1.25. The zero-order valence-corrected chi connectivity index (χ0v) is 20.5. The van der Waals surface area contributed by atoms with E-state index in [2.05, 4.69) is 56.9 Å². The zero-order chi connectivity index (χ0) is 22.7. The maximum Gasteiger partial charge on any atom is 0.233 e. The van der Waals surface area contributed by atoms with Gasteiger partial charge in [0, 0.05) is 16.3 Å². The Morgan fingerprint density at radius 2 is 1.81 bits per heavy atom. The molecule has 4 aromatic rings. The molecule has 0 radical (unpaired) electrons. The summed E-state index contributed by atoms with van der Waals surface area (Å²) in [6, 6.07) is 18.3. The summed E-state index contributed by atoms with van der Waals surface area (Å²) in [6.45, 7) is 8.95. The van der Waals surface area contributed by atoms with Crippen molar-refractivity contribution in [2.75, 3.05) is 4.90 Å². The first kappa shape index (κ1) is 22.5. The van der Waals surface area contributed by atoms with E-state index >= 15 is 0 Å². The van der Waals surface area contributed by atoms with Crippen LogP contribution >= 0.6 is 23.1 Å². The van der Waals surface area contributed by atoms with Crippen molar-refractivity contribution < 1.29 is 4.79 Å². The number of aromatic nitrogens is 2. The van der Waals surface area contributed by atoms with E-state index in [-0.39, 0.29) is 5.91 Å². The van der Waals surface area contributed by atoms with Gasteiger partial charge in [-0.1, -0.05) is 43.4 Å². The summed E-state index contributed by atoms with van der Waals surface area (Å²) < 4.78 is 1.09. The number of carbonyl (C=O) groups is 1. The fourth-order valence-corrected chi connectivity index (χ4v) is 5.33. The molecule has 0 unspecified atom stereocenters. The molecule has 0 spiro atoms. The number of amides is 1. The summed E-state index contributed by atoms with van der Waals surface area (Å²) in [4.78, 5) is 25.7. The number of benzene rings is 2. The second-order valence-electron chi connectivity index (χ2n) is 8.19. The lowest BCUT2D eigenvalue weighted by atomic mass is 10.1. The van der Waals surface area contributed by atoms with Crippen LogP contribution in [0.3, 0.4) is 0 Å². The molecular formula is C26H27N3OS2. The number of thioether (sulfide) groups is 1. The van der Waals surface area contributed by atoms with Crippen molar-refractivity contribution in [3.63, 3.8) is 0 Å². The van der Waals surface area contributed by atoms with Crippen molar-refractivity contribution in [2.45, 2.75) is 50.8 Å². The highest BCUT2D eigenvalue weighted by Crippen LogP contribution is 2.32. The third kappa shape index (κ3) is 5.37. The molecule has 0 N–H and O–H groups in total. The Bertz CT molecular complexity index is 1180. The number of rotatable bonds is 7. The Morgan fingerprint density at radius 3 is 2.50 bits per heavy atom. The topological polar surface area (TPSA) is 46.1 Å². The van der Waals surface area contributed by atoms with Crippen LogP contribution < -0.4 is 4.90 Å². The van der Waals surface area contributed by atoms with E-state index in [1.165, 1.54) is 16.0 Å². The van der Waals surface area contributed by atoms with E-state index in [1.54, 1.807) is 22.4 Å². The van der Waals surface area contributed by atoms with Gasteiger partial charge in [0.1, 0.15) is 0 Å². The van der Waals surface area contributed by atoms with E-state index in [4.69, 9.17) is 4.98 Å². The van der Waals surface area contributed by atoms with Crippen LogP contribution in [0.1, 0.15) is 36.2 Å². The smallest absolute Gasteiger partial charge is 0.233 e. The van der Waals surface area contributed by atoms with Gasteiger partial charge in [0.15, 0.2) is 5.13 Å². The van der Waals surface area contributed by atoms with Crippen molar-refractivity contribution in [1.82, 2.24) is 9.97 Å². The Balaban J connectivity index is 1.62. The molecule has 4 nitrogen and oxygen atoms in total. The van der Waals surface area contributed by atoms with E-state index in [9.17, 15) is 4.79 Å². The SMILES string of the molecule is Cc1cc2nc(N(Cc3ccccn3)C(=O)Cc3ccc(SC(C)C)cc3)sc2cc1C. The summed E-state index contributed by atoms with van der Waals surface area (Å²) in [7, 11) is 0. The van der Waals surface area contributed by atoms with Crippen LogP contribution in [0.2, 0.25) is 0 Å². The van der Waals surface area contributed by atoms with E-state index in [0.29, 0.717) is 23.3 Å². The van der Waals surface area contributed by atoms with Crippen LogP contribution in [0.15, 0.2) is 65.7 Å². The minimum absolute atomic E-state index is 0.0208. The number of pyridine rings is 1. The first-order chi connectivity index (χ1) is 15.4. The number of carbonyl (C=O) groups excluding carboxylic acids is 1. The fourth-order valence-electron chi connectivity index (χ4n) is 3.43.